The van der Waals surface area contributed by atoms with Gasteiger partial charge in [0.15, 0.2) is 23.1 Å². The number of pyridine rings is 1. The summed E-state index contributed by atoms with van der Waals surface area (Å²) in [6, 6.07) is 40.4. The van der Waals surface area contributed by atoms with Crippen LogP contribution in [0.25, 0.3) is 89.6 Å². The molecule has 0 aliphatic rings. The minimum Gasteiger partial charge on any atom is -0.455 e. The van der Waals surface area contributed by atoms with Gasteiger partial charge in [0.05, 0.1) is 5.39 Å². The van der Waals surface area contributed by atoms with Gasteiger partial charge in [0.2, 0.25) is 0 Å². The fraction of sp³-hybridized carbons (Fsp3) is 0.0233. The number of hydrogen-bond donors (Lipinski definition) is 0. The molecule has 0 saturated heterocycles. The highest BCUT2D eigenvalue weighted by Crippen LogP contribution is 2.39. The van der Waals surface area contributed by atoms with Gasteiger partial charge in [-0.15, -0.1) is 0 Å². The van der Waals surface area contributed by atoms with Crippen molar-refractivity contribution in [2.45, 2.75) is 6.92 Å². The summed E-state index contributed by atoms with van der Waals surface area (Å²) in [6.45, 7) is 6.41. The van der Waals surface area contributed by atoms with E-state index in [9.17, 15) is 0 Å². The van der Waals surface area contributed by atoms with E-state index in [4.69, 9.17) is 28.8 Å². The molecular formula is C43H28N4O2. The molecule has 0 aliphatic heterocycles. The van der Waals surface area contributed by atoms with Crippen molar-refractivity contribution < 1.29 is 8.83 Å². The fourth-order valence-corrected chi connectivity index (χ4v) is 6.46. The Morgan fingerprint density at radius 3 is 2.22 bits per heavy atom. The monoisotopic (exact) mass is 632 g/mol. The molecule has 6 heteroatoms. The molecule has 0 spiro atoms. The van der Waals surface area contributed by atoms with Gasteiger partial charge in [-0.2, -0.15) is 0 Å². The first-order valence-electron chi connectivity index (χ1n) is 16.1. The van der Waals surface area contributed by atoms with Crippen molar-refractivity contribution >= 4 is 55.5 Å². The molecule has 0 saturated carbocycles. The maximum Gasteiger partial charge on any atom is 0.164 e. The lowest BCUT2D eigenvalue weighted by atomic mass is 10.0. The molecule has 5 aromatic carbocycles. The van der Waals surface area contributed by atoms with Gasteiger partial charge in [-0.25, -0.2) is 15.0 Å². The molecule has 0 fully saturated rings. The lowest BCUT2D eigenvalue weighted by Gasteiger charge is -2.10. The highest BCUT2D eigenvalue weighted by molar-refractivity contribution is 6.10. The van der Waals surface area contributed by atoms with Crippen LogP contribution in [0.5, 0.6) is 0 Å². The van der Waals surface area contributed by atoms with Crippen molar-refractivity contribution in [3.63, 3.8) is 0 Å². The number of fused-ring (bicyclic) bond motifs is 5. The Labute approximate surface area is 281 Å². The van der Waals surface area contributed by atoms with E-state index in [-0.39, 0.29) is 0 Å². The normalized spacial score (nSPS) is 11.8. The van der Waals surface area contributed by atoms with Crippen molar-refractivity contribution in [2.75, 3.05) is 0 Å². The van der Waals surface area contributed by atoms with E-state index in [1.807, 2.05) is 104 Å². The van der Waals surface area contributed by atoms with Crippen LogP contribution in [0.1, 0.15) is 23.8 Å². The molecule has 0 amide bonds. The van der Waals surface area contributed by atoms with Crippen LogP contribution in [0.4, 0.5) is 0 Å². The lowest BCUT2D eigenvalue weighted by Crippen LogP contribution is -2.00. The van der Waals surface area contributed by atoms with Crippen LogP contribution >= 0.6 is 0 Å². The molecular weight excluding hydrogens is 604 g/mol. The number of aromatic nitrogens is 4. The summed E-state index contributed by atoms with van der Waals surface area (Å²) in [5.74, 6) is 2.43. The van der Waals surface area contributed by atoms with E-state index in [0.717, 1.165) is 66.0 Å². The van der Waals surface area contributed by atoms with Gasteiger partial charge in [-0.05, 0) is 42.0 Å². The van der Waals surface area contributed by atoms with E-state index in [1.165, 1.54) is 0 Å². The van der Waals surface area contributed by atoms with E-state index in [2.05, 4.69) is 49.1 Å². The van der Waals surface area contributed by atoms with Gasteiger partial charge >= 0.3 is 0 Å². The third kappa shape index (κ3) is 4.89. The van der Waals surface area contributed by atoms with Crippen LogP contribution in [-0.2, 0) is 0 Å². The number of furan rings is 2. The Morgan fingerprint density at radius 1 is 0.633 bits per heavy atom. The van der Waals surface area contributed by atoms with Crippen molar-refractivity contribution in [3.8, 4) is 34.2 Å². The maximum absolute atomic E-state index is 6.44. The Bertz CT molecular complexity index is 2760. The molecule has 0 N–H and O–H groups in total. The molecule has 4 aromatic heterocycles. The lowest BCUT2D eigenvalue weighted by molar-refractivity contribution is 0.599. The average molecular weight is 633 g/mol. The third-order valence-corrected chi connectivity index (χ3v) is 8.84. The molecule has 0 bridgehead atoms. The minimum absolute atomic E-state index is 0.541. The van der Waals surface area contributed by atoms with Crippen molar-refractivity contribution in [1.29, 1.82) is 0 Å². The number of para-hydroxylation sites is 1. The Kier molecular flexibility index (Phi) is 6.73. The Balaban J connectivity index is 1.20. The maximum atomic E-state index is 6.44. The molecule has 49 heavy (non-hydrogen) atoms. The van der Waals surface area contributed by atoms with E-state index >= 15 is 0 Å². The van der Waals surface area contributed by atoms with E-state index < -0.39 is 0 Å². The SMILES string of the molecule is C=C(c1cnc2c(c1)oc1cccc(-c3nc(-c4ccccc4)nc(-c4ccc5ccccc5c4)n3)c12)c1oc2ccccc2c1/C=C\C. The summed E-state index contributed by atoms with van der Waals surface area (Å²) in [5.41, 5.74) is 8.00. The summed E-state index contributed by atoms with van der Waals surface area (Å²) in [6.07, 6.45) is 5.88. The molecule has 0 unspecified atom stereocenters. The first-order valence-corrected chi connectivity index (χ1v) is 16.1. The fourth-order valence-electron chi connectivity index (χ4n) is 6.46. The predicted octanol–water partition coefficient (Wildman–Crippen LogP) is 11.2. The van der Waals surface area contributed by atoms with Gasteiger partial charge in [-0.3, -0.25) is 4.98 Å². The second-order valence-electron chi connectivity index (χ2n) is 11.9. The summed E-state index contributed by atoms with van der Waals surface area (Å²) >= 11 is 0. The highest BCUT2D eigenvalue weighted by Gasteiger charge is 2.21. The smallest absolute Gasteiger partial charge is 0.164 e. The van der Waals surface area contributed by atoms with Gasteiger partial charge < -0.3 is 8.83 Å². The summed E-state index contributed by atoms with van der Waals surface area (Å²) < 4.78 is 12.7. The van der Waals surface area contributed by atoms with E-state index in [1.54, 1.807) is 0 Å². The average Bonchev–Trinajstić information content (AvgIpc) is 3.72. The van der Waals surface area contributed by atoms with Crippen molar-refractivity contribution in [2.24, 2.45) is 0 Å². The molecule has 6 nitrogen and oxygen atoms in total. The van der Waals surface area contributed by atoms with Crippen LogP contribution in [-0.4, -0.2) is 19.9 Å². The summed E-state index contributed by atoms with van der Waals surface area (Å²) in [5, 5.41) is 4.15. The van der Waals surface area contributed by atoms with Crippen LogP contribution in [0.15, 0.2) is 149 Å². The predicted molar refractivity (Wildman–Crippen MR) is 198 cm³/mol. The number of nitrogens with zero attached hydrogens (tertiary/aromatic N) is 4. The third-order valence-electron chi connectivity index (χ3n) is 8.84. The molecule has 0 aliphatic carbocycles. The molecule has 232 valence electrons. The zero-order valence-electron chi connectivity index (χ0n) is 26.6. The molecule has 9 aromatic rings. The molecule has 0 atom stereocenters. The zero-order valence-corrected chi connectivity index (χ0v) is 26.6. The second kappa shape index (κ2) is 11.5. The largest absolute Gasteiger partial charge is 0.455 e. The standard InChI is InChI=1S/C43H28N4O2/c1-3-12-33-32-17-9-10-19-35(32)49-40(33)26(2)31-24-37-39(44-25-31)38-34(18-11-20-36(38)48-37)43-46-41(28-14-5-4-6-15-28)45-42(47-43)30-22-21-27-13-7-8-16-29(27)23-30/h3-25H,2H2,1H3/b12-3-. The number of benzene rings is 5. The highest BCUT2D eigenvalue weighted by atomic mass is 16.3. The summed E-state index contributed by atoms with van der Waals surface area (Å²) in [4.78, 5) is 19.9. The molecule has 9 rings (SSSR count). The van der Waals surface area contributed by atoms with Gasteiger partial charge in [0.1, 0.15) is 22.4 Å². The van der Waals surface area contributed by atoms with Gasteiger partial charge in [0, 0.05) is 45.0 Å². The van der Waals surface area contributed by atoms with Crippen LogP contribution in [0.3, 0.4) is 0 Å². The van der Waals surface area contributed by atoms with E-state index in [0.29, 0.717) is 34.4 Å². The Morgan fingerprint density at radius 2 is 1.37 bits per heavy atom. The molecule has 0 radical (unpaired) electrons. The van der Waals surface area contributed by atoms with Crippen molar-refractivity contribution in [3.05, 3.63) is 157 Å². The van der Waals surface area contributed by atoms with Gasteiger partial charge in [-0.1, -0.05) is 116 Å². The topological polar surface area (TPSA) is 77.8 Å². The van der Waals surface area contributed by atoms with Crippen LogP contribution in [0, 0.1) is 0 Å². The quantitative estimate of drug-likeness (QED) is 0.181. The van der Waals surface area contributed by atoms with Crippen LogP contribution in [0.2, 0.25) is 0 Å². The first kappa shape index (κ1) is 28.6. The first-order chi connectivity index (χ1) is 24.1. The Hall–Kier alpha value is -6.66. The number of allylic oxidation sites excluding steroid dienone is 1. The summed E-state index contributed by atoms with van der Waals surface area (Å²) in [7, 11) is 0. The van der Waals surface area contributed by atoms with Crippen molar-refractivity contribution in [1.82, 2.24) is 19.9 Å². The minimum atomic E-state index is 0.541. The number of hydrogen-bond acceptors (Lipinski definition) is 6. The molecule has 4 heterocycles. The zero-order chi connectivity index (χ0) is 32.9. The van der Waals surface area contributed by atoms with Crippen LogP contribution < -0.4 is 0 Å². The van der Waals surface area contributed by atoms with Gasteiger partial charge in [0.25, 0.3) is 0 Å². The number of rotatable bonds is 6. The second-order valence-corrected chi connectivity index (χ2v) is 11.9.